The average Bonchev–Trinajstić information content (AvgIpc) is 3.03. The van der Waals surface area contributed by atoms with Crippen molar-refractivity contribution in [3.05, 3.63) is 36.0 Å². The molecule has 1 fully saturated rings. The van der Waals surface area contributed by atoms with Gasteiger partial charge in [-0.05, 0) is 50.4 Å². The van der Waals surface area contributed by atoms with Crippen LogP contribution in [0.3, 0.4) is 0 Å². The zero-order valence-corrected chi connectivity index (χ0v) is 17.4. The molecule has 0 saturated carbocycles. The standard InChI is InChI=1S/C19H29N5.HI/c1-2-20-19(21-10-13-24-11-6-3-7-12-24)22-15-17-14-16-8-4-5-9-18(16)23-17;/h4-5,8-9,14,23H,2-3,6-7,10-13,15H2,1H3,(H2,20,21,22);1H. The summed E-state index contributed by atoms with van der Waals surface area (Å²) in [5.41, 5.74) is 2.31. The third-order valence-electron chi connectivity index (χ3n) is 4.51. The highest BCUT2D eigenvalue weighted by Gasteiger charge is 2.09. The Kier molecular flexibility index (Phi) is 8.54. The van der Waals surface area contributed by atoms with Gasteiger partial charge in [0.05, 0.1) is 6.54 Å². The minimum absolute atomic E-state index is 0. The van der Waals surface area contributed by atoms with E-state index in [2.05, 4.69) is 57.8 Å². The number of aromatic nitrogens is 1. The van der Waals surface area contributed by atoms with E-state index in [0.717, 1.165) is 31.3 Å². The fourth-order valence-corrected chi connectivity index (χ4v) is 3.24. The molecule has 1 aromatic heterocycles. The Hall–Kier alpha value is -1.28. The fourth-order valence-electron chi connectivity index (χ4n) is 3.24. The maximum absolute atomic E-state index is 4.71. The van der Waals surface area contributed by atoms with Crippen molar-refractivity contribution in [1.29, 1.82) is 0 Å². The lowest BCUT2D eigenvalue weighted by molar-refractivity contribution is 0.232. The van der Waals surface area contributed by atoms with Crippen molar-refractivity contribution in [2.75, 3.05) is 32.7 Å². The number of guanidine groups is 1. The number of aliphatic imine (C=N–C) groups is 1. The zero-order valence-electron chi connectivity index (χ0n) is 15.1. The summed E-state index contributed by atoms with van der Waals surface area (Å²) in [4.78, 5) is 10.7. The SMILES string of the molecule is CCNC(=NCc1cc2ccccc2[nH]1)NCCN1CCCCC1.I. The van der Waals surface area contributed by atoms with E-state index < -0.39 is 0 Å². The Balaban J connectivity index is 0.00000225. The predicted octanol–water partition coefficient (Wildman–Crippen LogP) is 3.33. The van der Waals surface area contributed by atoms with Crippen molar-refractivity contribution in [2.45, 2.75) is 32.7 Å². The number of halogens is 1. The highest BCUT2D eigenvalue weighted by atomic mass is 127. The number of H-pyrrole nitrogens is 1. The number of hydrogen-bond donors (Lipinski definition) is 3. The molecule has 0 amide bonds. The monoisotopic (exact) mass is 455 g/mol. The van der Waals surface area contributed by atoms with E-state index in [1.807, 2.05) is 0 Å². The van der Waals surface area contributed by atoms with Gasteiger partial charge >= 0.3 is 0 Å². The van der Waals surface area contributed by atoms with Crippen LogP contribution in [0.15, 0.2) is 35.3 Å². The van der Waals surface area contributed by atoms with Gasteiger partial charge in [0, 0.05) is 30.8 Å². The van der Waals surface area contributed by atoms with Crippen molar-refractivity contribution in [1.82, 2.24) is 20.5 Å². The normalized spacial score (nSPS) is 15.8. The van der Waals surface area contributed by atoms with E-state index >= 15 is 0 Å². The van der Waals surface area contributed by atoms with Gasteiger partial charge in [-0.1, -0.05) is 24.6 Å². The third kappa shape index (κ3) is 6.18. The van der Waals surface area contributed by atoms with E-state index in [1.54, 1.807) is 0 Å². The molecule has 0 spiro atoms. The molecule has 2 heterocycles. The molecule has 1 aliphatic heterocycles. The Morgan fingerprint density at radius 3 is 2.72 bits per heavy atom. The number of para-hydroxylation sites is 1. The minimum atomic E-state index is 0. The highest BCUT2D eigenvalue weighted by Crippen LogP contribution is 2.15. The van der Waals surface area contributed by atoms with Crippen LogP contribution in [0, 0.1) is 0 Å². The summed E-state index contributed by atoms with van der Waals surface area (Å²) in [5, 5.41) is 8.03. The van der Waals surface area contributed by atoms with Gasteiger partial charge in [-0.25, -0.2) is 4.99 Å². The van der Waals surface area contributed by atoms with Gasteiger partial charge in [0.1, 0.15) is 0 Å². The van der Waals surface area contributed by atoms with E-state index in [0.29, 0.717) is 6.54 Å². The van der Waals surface area contributed by atoms with Crippen LogP contribution in [-0.2, 0) is 6.54 Å². The summed E-state index contributed by atoms with van der Waals surface area (Å²) >= 11 is 0. The van der Waals surface area contributed by atoms with Crippen LogP contribution in [0.4, 0.5) is 0 Å². The Morgan fingerprint density at radius 2 is 1.96 bits per heavy atom. The van der Waals surface area contributed by atoms with E-state index in [9.17, 15) is 0 Å². The van der Waals surface area contributed by atoms with Gasteiger partial charge in [0.25, 0.3) is 0 Å². The topological polar surface area (TPSA) is 55.5 Å². The van der Waals surface area contributed by atoms with E-state index in [-0.39, 0.29) is 24.0 Å². The Bertz CT molecular complexity index is 628. The smallest absolute Gasteiger partial charge is 0.191 e. The number of rotatable bonds is 6. The van der Waals surface area contributed by atoms with Gasteiger partial charge in [0.15, 0.2) is 5.96 Å². The lowest BCUT2D eigenvalue weighted by atomic mass is 10.1. The maximum Gasteiger partial charge on any atom is 0.191 e. The minimum Gasteiger partial charge on any atom is -0.357 e. The van der Waals surface area contributed by atoms with Crippen molar-refractivity contribution in [2.24, 2.45) is 4.99 Å². The molecule has 1 aliphatic rings. The van der Waals surface area contributed by atoms with Crippen LogP contribution < -0.4 is 10.6 Å². The first-order valence-electron chi connectivity index (χ1n) is 9.16. The van der Waals surface area contributed by atoms with Gasteiger partial charge in [-0.15, -0.1) is 24.0 Å². The van der Waals surface area contributed by atoms with E-state index in [4.69, 9.17) is 4.99 Å². The van der Waals surface area contributed by atoms with Gasteiger partial charge in [-0.2, -0.15) is 0 Å². The van der Waals surface area contributed by atoms with Crippen LogP contribution in [0.25, 0.3) is 10.9 Å². The zero-order chi connectivity index (χ0) is 16.6. The quantitative estimate of drug-likeness (QED) is 0.356. The van der Waals surface area contributed by atoms with Crippen molar-refractivity contribution < 1.29 is 0 Å². The molecule has 0 bridgehead atoms. The Morgan fingerprint density at radius 1 is 1.16 bits per heavy atom. The second-order valence-electron chi connectivity index (χ2n) is 6.41. The molecule has 3 N–H and O–H groups in total. The van der Waals surface area contributed by atoms with Crippen LogP contribution in [0.2, 0.25) is 0 Å². The molecule has 0 radical (unpaired) electrons. The van der Waals surface area contributed by atoms with E-state index in [1.165, 1.54) is 43.3 Å². The molecule has 1 saturated heterocycles. The lowest BCUT2D eigenvalue weighted by Gasteiger charge is -2.26. The third-order valence-corrected chi connectivity index (χ3v) is 4.51. The van der Waals surface area contributed by atoms with Crippen LogP contribution in [-0.4, -0.2) is 48.6 Å². The number of likely N-dealkylation sites (tertiary alicyclic amines) is 1. The number of piperidine rings is 1. The maximum atomic E-state index is 4.71. The number of hydrogen-bond acceptors (Lipinski definition) is 2. The summed E-state index contributed by atoms with van der Waals surface area (Å²) < 4.78 is 0. The molecule has 3 rings (SSSR count). The second-order valence-corrected chi connectivity index (χ2v) is 6.41. The fraction of sp³-hybridized carbons (Fsp3) is 0.526. The van der Waals surface area contributed by atoms with Crippen LogP contribution in [0.5, 0.6) is 0 Å². The number of aromatic amines is 1. The summed E-state index contributed by atoms with van der Waals surface area (Å²) in [6.07, 6.45) is 4.07. The summed E-state index contributed by atoms with van der Waals surface area (Å²) in [6.45, 7) is 8.16. The Labute approximate surface area is 167 Å². The van der Waals surface area contributed by atoms with Crippen LogP contribution in [0.1, 0.15) is 31.9 Å². The second kappa shape index (κ2) is 10.7. The molecular formula is C19H30IN5. The molecule has 138 valence electrons. The molecule has 5 nitrogen and oxygen atoms in total. The molecule has 0 unspecified atom stereocenters. The van der Waals surface area contributed by atoms with Crippen LogP contribution >= 0.6 is 24.0 Å². The number of nitrogens with zero attached hydrogens (tertiary/aromatic N) is 2. The van der Waals surface area contributed by atoms with Crippen molar-refractivity contribution >= 4 is 40.8 Å². The van der Waals surface area contributed by atoms with Crippen molar-refractivity contribution in [3.8, 4) is 0 Å². The number of fused-ring (bicyclic) bond motifs is 1. The highest BCUT2D eigenvalue weighted by molar-refractivity contribution is 14.0. The largest absolute Gasteiger partial charge is 0.357 e. The number of nitrogens with one attached hydrogen (secondary N) is 3. The molecular weight excluding hydrogens is 425 g/mol. The lowest BCUT2D eigenvalue weighted by Crippen LogP contribution is -2.42. The first kappa shape index (κ1) is 20.0. The summed E-state index contributed by atoms with van der Waals surface area (Å²) in [6, 6.07) is 10.5. The molecule has 0 aliphatic carbocycles. The first-order chi connectivity index (χ1) is 11.8. The molecule has 6 heteroatoms. The van der Waals surface area contributed by atoms with Gasteiger partial charge < -0.3 is 20.5 Å². The summed E-state index contributed by atoms with van der Waals surface area (Å²) in [5.74, 6) is 0.896. The van der Waals surface area contributed by atoms with Gasteiger partial charge in [-0.3, -0.25) is 0 Å². The average molecular weight is 455 g/mol. The van der Waals surface area contributed by atoms with Gasteiger partial charge in [0.2, 0.25) is 0 Å². The molecule has 2 aromatic rings. The predicted molar refractivity (Wildman–Crippen MR) is 117 cm³/mol. The summed E-state index contributed by atoms with van der Waals surface area (Å²) in [7, 11) is 0. The molecule has 25 heavy (non-hydrogen) atoms. The molecule has 1 aromatic carbocycles. The van der Waals surface area contributed by atoms with Crippen molar-refractivity contribution in [3.63, 3.8) is 0 Å². The molecule has 0 atom stereocenters. The first-order valence-corrected chi connectivity index (χ1v) is 9.16. The number of benzene rings is 1.